The predicted molar refractivity (Wildman–Crippen MR) is 82.1 cm³/mol. The fourth-order valence-electron chi connectivity index (χ4n) is 2.00. The van der Waals surface area contributed by atoms with E-state index in [9.17, 15) is 9.59 Å². The van der Waals surface area contributed by atoms with E-state index in [1.807, 2.05) is 6.92 Å². The summed E-state index contributed by atoms with van der Waals surface area (Å²) in [6.45, 7) is 7.09. The molecule has 122 valence electrons. The molecule has 1 rings (SSSR count). The molecule has 0 radical (unpaired) electrons. The molecule has 2 N–H and O–H groups in total. The maximum absolute atomic E-state index is 11.9. The van der Waals surface area contributed by atoms with Crippen molar-refractivity contribution in [3.8, 4) is 5.75 Å². The molecule has 1 atom stereocenters. The Bertz CT molecular complexity index is 548. The molecule has 0 heterocycles. The molecule has 0 bridgehead atoms. The molecule has 0 saturated carbocycles. The third-order valence-corrected chi connectivity index (χ3v) is 2.89. The molecule has 0 spiro atoms. The summed E-state index contributed by atoms with van der Waals surface area (Å²) in [6.07, 6.45) is -0.877. The van der Waals surface area contributed by atoms with Gasteiger partial charge in [0.25, 0.3) is 0 Å². The van der Waals surface area contributed by atoms with Crippen LogP contribution in [0.1, 0.15) is 44.4 Å². The van der Waals surface area contributed by atoms with Crippen LogP contribution in [0.15, 0.2) is 18.2 Å². The molecule has 0 saturated heterocycles. The second-order valence-electron chi connectivity index (χ2n) is 6.03. The standard InChI is InChI=1S/C16H23NO5/c1-10-8-11(6-7-13(10)21-5)12(9-14(18)19)17-15(20)22-16(2,3)4/h6-8,12H,9H2,1-5H3,(H,17,20)(H,18,19)/t12-/m0/s1. The molecule has 0 aliphatic rings. The van der Waals surface area contributed by atoms with E-state index in [0.717, 1.165) is 5.56 Å². The number of hydrogen-bond donors (Lipinski definition) is 2. The van der Waals surface area contributed by atoms with Crippen molar-refractivity contribution in [2.45, 2.75) is 45.8 Å². The number of carbonyl (C=O) groups excluding carboxylic acids is 1. The molecule has 22 heavy (non-hydrogen) atoms. The summed E-state index contributed by atoms with van der Waals surface area (Å²) in [5.74, 6) is -0.301. The van der Waals surface area contributed by atoms with Gasteiger partial charge in [-0.25, -0.2) is 4.79 Å². The van der Waals surface area contributed by atoms with Gasteiger partial charge in [-0.15, -0.1) is 0 Å². The number of methoxy groups -OCH3 is 1. The SMILES string of the molecule is COc1ccc([C@H](CC(=O)O)NC(=O)OC(C)(C)C)cc1C. The Balaban J connectivity index is 2.95. The maximum atomic E-state index is 11.9. The van der Waals surface area contributed by atoms with Crippen LogP contribution in [0.4, 0.5) is 4.79 Å². The average molecular weight is 309 g/mol. The number of carbonyl (C=O) groups is 2. The van der Waals surface area contributed by atoms with Crippen molar-refractivity contribution >= 4 is 12.1 Å². The summed E-state index contributed by atoms with van der Waals surface area (Å²) in [4.78, 5) is 22.9. The maximum Gasteiger partial charge on any atom is 0.408 e. The zero-order chi connectivity index (χ0) is 16.9. The Hall–Kier alpha value is -2.24. The molecule has 1 aromatic rings. The first-order chi connectivity index (χ1) is 10.1. The van der Waals surface area contributed by atoms with Crippen LogP contribution in [0, 0.1) is 6.92 Å². The molecule has 1 aromatic carbocycles. The van der Waals surface area contributed by atoms with Crippen LogP contribution in [0.3, 0.4) is 0 Å². The number of rotatable bonds is 5. The summed E-state index contributed by atoms with van der Waals surface area (Å²) in [7, 11) is 1.57. The van der Waals surface area contributed by atoms with Crippen LogP contribution >= 0.6 is 0 Å². The van der Waals surface area contributed by atoms with Crippen LogP contribution in [0.5, 0.6) is 5.75 Å². The summed E-state index contributed by atoms with van der Waals surface area (Å²) < 4.78 is 10.4. The highest BCUT2D eigenvalue weighted by molar-refractivity contribution is 5.72. The van der Waals surface area contributed by atoms with E-state index in [2.05, 4.69) is 5.32 Å². The van der Waals surface area contributed by atoms with Gasteiger partial charge in [-0.3, -0.25) is 4.79 Å². The van der Waals surface area contributed by atoms with Crippen LogP contribution in [-0.2, 0) is 9.53 Å². The number of hydrogen-bond acceptors (Lipinski definition) is 4. The monoisotopic (exact) mass is 309 g/mol. The number of carboxylic acid groups (broad SMARTS) is 1. The molecule has 6 nitrogen and oxygen atoms in total. The fraction of sp³-hybridized carbons (Fsp3) is 0.500. The Labute approximate surface area is 130 Å². The number of aryl methyl sites for hydroxylation is 1. The lowest BCUT2D eigenvalue weighted by atomic mass is 10.0. The van der Waals surface area contributed by atoms with Crippen molar-refractivity contribution in [3.05, 3.63) is 29.3 Å². The topological polar surface area (TPSA) is 84.9 Å². The van der Waals surface area contributed by atoms with Gasteiger partial charge in [0.2, 0.25) is 0 Å². The van der Waals surface area contributed by atoms with Gasteiger partial charge in [-0.1, -0.05) is 12.1 Å². The lowest BCUT2D eigenvalue weighted by Crippen LogP contribution is -2.35. The van der Waals surface area contributed by atoms with Crippen LogP contribution in [0.2, 0.25) is 0 Å². The Morgan fingerprint density at radius 1 is 1.32 bits per heavy atom. The smallest absolute Gasteiger partial charge is 0.408 e. The van der Waals surface area contributed by atoms with E-state index in [1.54, 1.807) is 46.1 Å². The second kappa shape index (κ2) is 7.15. The van der Waals surface area contributed by atoms with E-state index < -0.39 is 23.7 Å². The van der Waals surface area contributed by atoms with Crippen molar-refractivity contribution in [3.63, 3.8) is 0 Å². The third kappa shape index (κ3) is 5.63. The minimum atomic E-state index is -1.01. The third-order valence-electron chi connectivity index (χ3n) is 2.89. The summed E-state index contributed by atoms with van der Waals surface area (Å²) in [5, 5.41) is 11.6. The van der Waals surface area contributed by atoms with Crippen LogP contribution < -0.4 is 10.1 Å². The number of nitrogens with one attached hydrogen (secondary N) is 1. The minimum absolute atomic E-state index is 0.231. The van der Waals surface area contributed by atoms with E-state index in [1.165, 1.54) is 0 Å². The summed E-state index contributed by atoms with van der Waals surface area (Å²) in [6, 6.07) is 4.61. The van der Waals surface area contributed by atoms with Crippen molar-refractivity contribution in [2.75, 3.05) is 7.11 Å². The van der Waals surface area contributed by atoms with E-state index in [0.29, 0.717) is 11.3 Å². The zero-order valence-corrected chi connectivity index (χ0v) is 13.6. The molecule has 0 aliphatic carbocycles. The van der Waals surface area contributed by atoms with Crippen molar-refractivity contribution in [1.82, 2.24) is 5.32 Å². The van der Waals surface area contributed by atoms with E-state index >= 15 is 0 Å². The van der Waals surface area contributed by atoms with E-state index in [4.69, 9.17) is 14.6 Å². The molecular weight excluding hydrogens is 286 g/mol. The molecule has 0 aliphatic heterocycles. The molecule has 0 aromatic heterocycles. The second-order valence-corrected chi connectivity index (χ2v) is 6.03. The van der Waals surface area contributed by atoms with Crippen LogP contribution in [0.25, 0.3) is 0 Å². The Kier molecular flexibility index (Phi) is 5.79. The number of ether oxygens (including phenoxy) is 2. The summed E-state index contributed by atoms with van der Waals surface area (Å²) >= 11 is 0. The van der Waals surface area contributed by atoms with Gasteiger partial charge in [0.15, 0.2) is 0 Å². The van der Waals surface area contributed by atoms with Gasteiger partial charge in [0.05, 0.1) is 19.6 Å². The van der Waals surface area contributed by atoms with Gasteiger partial charge >= 0.3 is 12.1 Å². The molecule has 6 heteroatoms. The lowest BCUT2D eigenvalue weighted by Gasteiger charge is -2.23. The average Bonchev–Trinajstić information content (AvgIpc) is 2.35. The zero-order valence-electron chi connectivity index (χ0n) is 13.6. The number of benzene rings is 1. The normalized spacial score (nSPS) is 12.4. The highest BCUT2D eigenvalue weighted by Crippen LogP contribution is 2.24. The molecule has 0 fully saturated rings. The quantitative estimate of drug-likeness (QED) is 0.873. The van der Waals surface area contributed by atoms with E-state index in [-0.39, 0.29) is 6.42 Å². The van der Waals surface area contributed by atoms with Gasteiger partial charge in [-0.05, 0) is 44.9 Å². The van der Waals surface area contributed by atoms with Crippen molar-refractivity contribution in [1.29, 1.82) is 0 Å². The van der Waals surface area contributed by atoms with Crippen LogP contribution in [-0.4, -0.2) is 29.9 Å². The number of amides is 1. The highest BCUT2D eigenvalue weighted by atomic mass is 16.6. The summed E-state index contributed by atoms with van der Waals surface area (Å²) in [5.41, 5.74) is 0.904. The molecule has 1 amide bonds. The minimum Gasteiger partial charge on any atom is -0.496 e. The molecule has 0 unspecified atom stereocenters. The first-order valence-electron chi connectivity index (χ1n) is 6.98. The highest BCUT2D eigenvalue weighted by Gasteiger charge is 2.22. The van der Waals surface area contributed by atoms with Gasteiger partial charge < -0.3 is 19.9 Å². The van der Waals surface area contributed by atoms with Crippen molar-refractivity contribution in [2.24, 2.45) is 0 Å². The lowest BCUT2D eigenvalue weighted by molar-refractivity contribution is -0.137. The van der Waals surface area contributed by atoms with Gasteiger partial charge in [0, 0.05) is 0 Å². The first-order valence-corrected chi connectivity index (χ1v) is 6.98. The largest absolute Gasteiger partial charge is 0.496 e. The number of alkyl carbamates (subject to hydrolysis) is 1. The number of carboxylic acids is 1. The van der Waals surface area contributed by atoms with Gasteiger partial charge in [0.1, 0.15) is 11.4 Å². The van der Waals surface area contributed by atoms with Crippen molar-refractivity contribution < 1.29 is 24.2 Å². The Morgan fingerprint density at radius 3 is 2.41 bits per heavy atom. The van der Waals surface area contributed by atoms with Gasteiger partial charge in [-0.2, -0.15) is 0 Å². The molecular formula is C16H23NO5. The fourth-order valence-corrected chi connectivity index (χ4v) is 2.00. The first kappa shape index (κ1) is 17.8. The predicted octanol–water partition coefficient (Wildman–Crippen LogP) is 3.04. The number of aliphatic carboxylic acids is 1. The Morgan fingerprint density at radius 2 is 1.95 bits per heavy atom.